The van der Waals surface area contributed by atoms with Gasteiger partial charge in [-0.1, -0.05) is 218 Å². The molecule has 1 aliphatic carbocycles. The summed E-state index contributed by atoms with van der Waals surface area (Å²) in [6.45, 7) is 0. The van der Waals surface area contributed by atoms with E-state index in [4.69, 9.17) is 9.97 Å². The Balaban J connectivity index is 0.991. The van der Waals surface area contributed by atoms with Gasteiger partial charge in [-0.25, -0.2) is 9.97 Å². The highest BCUT2D eigenvalue weighted by molar-refractivity contribution is 5.84. The molecule has 10 rings (SSSR count). The fraction of sp³-hybridized carbons (Fsp3) is 0.0345. The van der Waals surface area contributed by atoms with E-state index >= 15 is 0 Å². The number of nitrogens with zero attached hydrogens (tertiary/aromatic N) is 2. The van der Waals surface area contributed by atoms with Crippen molar-refractivity contribution in [3.63, 3.8) is 0 Å². The van der Waals surface area contributed by atoms with Gasteiger partial charge in [0.05, 0.1) is 11.4 Å². The van der Waals surface area contributed by atoms with Crippen molar-refractivity contribution in [3.8, 4) is 78.3 Å². The molecule has 0 saturated heterocycles. The molecule has 0 radical (unpaired) electrons. The third-order valence-corrected chi connectivity index (χ3v) is 11.5. The molecule has 1 atom stereocenters. The Morgan fingerprint density at radius 3 is 1.32 bits per heavy atom. The normalized spacial score (nSPS) is 13.5. The van der Waals surface area contributed by atoms with Crippen LogP contribution in [0.2, 0.25) is 0 Å². The highest BCUT2D eigenvalue weighted by Crippen LogP contribution is 2.41. The van der Waals surface area contributed by atoms with E-state index in [-0.39, 0.29) is 5.92 Å². The molecule has 0 bridgehead atoms. The first-order valence-electron chi connectivity index (χ1n) is 20.7. The van der Waals surface area contributed by atoms with Crippen molar-refractivity contribution in [3.05, 3.63) is 248 Å². The van der Waals surface area contributed by atoms with Crippen LogP contribution in [0.4, 0.5) is 0 Å². The summed E-state index contributed by atoms with van der Waals surface area (Å²) in [6.07, 6.45) is 7.55. The Kier molecular flexibility index (Phi) is 10.2. The summed E-state index contributed by atoms with van der Waals surface area (Å²) in [4.78, 5) is 10.7. The number of hydrogen-bond donors (Lipinski definition) is 0. The Hall–Kier alpha value is -7.68. The van der Waals surface area contributed by atoms with Crippen LogP contribution >= 0.6 is 0 Å². The molecule has 1 aromatic heterocycles. The second kappa shape index (κ2) is 16.7. The van der Waals surface area contributed by atoms with Crippen molar-refractivity contribution >= 4 is 5.57 Å². The van der Waals surface area contributed by atoms with Crippen LogP contribution in [0.5, 0.6) is 0 Å². The fourth-order valence-electron chi connectivity index (χ4n) is 8.37. The van der Waals surface area contributed by atoms with Crippen molar-refractivity contribution in [1.82, 2.24) is 9.97 Å². The average Bonchev–Trinajstić information content (AvgIpc) is 3.35. The molecule has 0 aliphatic heterocycles. The van der Waals surface area contributed by atoms with Crippen molar-refractivity contribution in [2.45, 2.75) is 12.3 Å². The van der Waals surface area contributed by atoms with Crippen molar-refractivity contribution in [2.75, 3.05) is 0 Å². The summed E-state index contributed by atoms with van der Waals surface area (Å²) in [5.41, 5.74) is 18.3. The van der Waals surface area contributed by atoms with Gasteiger partial charge in [-0.2, -0.15) is 0 Å². The first-order valence-corrected chi connectivity index (χ1v) is 20.7. The zero-order valence-electron chi connectivity index (χ0n) is 33.2. The smallest absolute Gasteiger partial charge is 0.160 e. The molecule has 0 N–H and O–H groups in total. The number of hydrogen-bond acceptors (Lipinski definition) is 2. The van der Waals surface area contributed by atoms with Gasteiger partial charge in [0.1, 0.15) is 0 Å². The number of aromatic nitrogens is 2. The van der Waals surface area contributed by atoms with Crippen LogP contribution in [0, 0.1) is 0 Å². The second-order valence-electron chi connectivity index (χ2n) is 15.3. The predicted molar refractivity (Wildman–Crippen MR) is 251 cm³/mol. The van der Waals surface area contributed by atoms with Crippen LogP contribution in [0.1, 0.15) is 23.6 Å². The van der Waals surface area contributed by atoms with E-state index in [1.54, 1.807) is 0 Å². The topological polar surface area (TPSA) is 25.8 Å². The van der Waals surface area contributed by atoms with Crippen LogP contribution in [-0.2, 0) is 0 Å². The minimum atomic E-state index is 0.0598. The maximum absolute atomic E-state index is 5.44. The van der Waals surface area contributed by atoms with E-state index in [0.29, 0.717) is 0 Å². The zero-order chi connectivity index (χ0) is 40.1. The lowest BCUT2D eigenvalue weighted by molar-refractivity contribution is 0.829. The largest absolute Gasteiger partial charge is 0.232 e. The van der Waals surface area contributed by atoms with Gasteiger partial charge in [0.25, 0.3) is 0 Å². The van der Waals surface area contributed by atoms with Crippen LogP contribution in [0.15, 0.2) is 237 Å². The molecular formula is C58H42N2. The van der Waals surface area contributed by atoms with E-state index < -0.39 is 0 Å². The molecule has 60 heavy (non-hydrogen) atoms. The van der Waals surface area contributed by atoms with E-state index in [0.717, 1.165) is 45.9 Å². The molecule has 2 nitrogen and oxygen atoms in total. The van der Waals surface area contributed by atoms with Crippen molar-refractivity contribution < 1.29 is 0 Å². The first-order chi connectivity index (χ1) is 29.7. The van der Waals surface area contributed by atoms with Gasteiger partial charge in [0.2, 0.25) is 0 Å². The summed E-state index contributed by atoms with van der Waals surface area (Å²) < 4.78 is 0. The average molecular weight is 767 g/mol. The van der Waals surface area contributed by atoms with Gasteiger partial charge in [-0.05, 0) is 91.4 Å². The number of rotatable bonds is 9. The molecule has 0 spiro atoms. The summed E-state index contributed by atoms with van der Waals surface area (Å²) in [5.74, 6) is 0.786. The van der Waals surface area contributed by atoms with E-state index in [1.807, 2.05) is 0 Å². The maximum Gasteiger partial charge on any atom is 0.160 e. The molecule has 1 aliphatic rings. The summed E-state index contributed by atoms with van der Waals surface area (Å²) >= 11 is 0. The van der Waals surface area contributed by atoms with Gasteiger partial charge in [0, 0.05) is 17.0 Å². The summed E-state index contributed by atoms with van der Waals surface area (Å²) in [6, 6.07) is 77.8. The van der Waals surface area contributed by atoms with E-state index in [2.05, 4.69) is 237 Å². The summed E-state index contributed by atoms with van der Waals surface area (Å²) in [5, 5.41) is 0. The molecule has 2 heteroatoms. The molecule has 1 unspecified atom stereocenters. The Morgan fingerprint density at radius 2 is 0.767 bits per heavy atom. The fourth-order valence-corrected chi connectivity index (χ4v) is 8.37. The van der Waals surface area contributed by atoms with Gasteiger partial charge in [-0.3, -0.25) is 0 Å². The molecule has 9 aromatic rings. The third kappa shape index (κ3) is 7.67. The number of allylic oxidation sites excluding steroid dienone is 4. The molecule has 0 fully saturated rings. The standard InChI is InChI=1S/C58H42N2/c1-4-16-41(17-5-1)48-22-14-24-50(38-48)43-30-34-45(35-31-43)52-26-10-12-28-54(52)57-40-56(47-20-8-3-9-21-47)59-58(60-57)55-29-13-11-27-53(55)46-36-32-44(33-37-46)51-25-15-23-49(39-51)42-18-6-2-7-19-42/h1-27,29-40,54H,28H2. The maximum atomic E-state index is 5.44. The molecule has 0 amide bonds. The molecule has 1 heterocycles. The minimum absolute atomic E-state index is 0.0598. The van der Waals surface area contributed by atoms with Crippen molar-refractivity contribution in [1.29, 1.82) is 0 Å². The summed E-state index contributed by atoms with van der Waals surface area (Å²) in [7, 11) is 0. The van der Waals surface area contributed by atoms with Crippen LogP contribution < -0.4 is 0 Å². The second-order valence-corrected chi connectivity index (χ2v) is 15.3. The van der Waals surface area contributed by atoms with Crippen LogP contribution in [0.3, 0.4) is 0 Å². The SMILES string of the molecule is C1=CCC(c2cc(-c3ccccc3)nc(-c3ccccc3-c3ccc(-c4cccc(-c5ccccc5)c4)cc3)n2)C(c2ccc(-c3cccc(-c4ccccc4)c3)cc2)=C1. The van der Waals surface area contributed by atoms with E-state index in [9.17, 15) is 0 Å². The first kappa shape index (κ1) is 36.6. The molecular weight excluding hydrogens is 725 g/mol. The number of benzene rings is 8. The van der Waals surface area contributed by atoms with E-state index in [1.165, 1.54) is 55.6 Å². The van der Waals surface area contributed by atoms with Gasteiger partial charge in [-0.15, -0.1) is 0 Å². The third-order valence-electron chi connectivity index (χ3n) is 11.5. The van der Waals surface area contributed by atoms with Gasteiger partial charge < -0.3 is 0 Å². The molecule has 8 aromatic carbocycles. The Morgan fingerprint density at radius 1 is 0.333 bits per heavy atom. The van der Waals surface area contributed by atoms with Crippen molar-refractivity contribution in [2.24, 2.45) is 0 Å². The lowest BCUT2D eigenvalue weighted by atomic mass is 9.83. The highest BCUT2D eigenvalue weighted by atomic mass is 14.9. The molecule has 284 valence electrons. The van der Waals surface area contributed by atoms with Gasteiger partial charge >= 0.3 is 0 Å². The Labute approximate surface area is 352 Å². The lowest BCUT2D eigenvalue weighted by Gasteiger charge is -2.23. The van der Waals surface area contributed by atoms with Gasteiger partial charge in [0.15, 0.2) is 5.82 Å². The van der Waals surface area contributed by atoms with Crippen LogP contribution in [-0.4, -0.2) is 9.97 Å². The monoisotopic (exact) mass is 766 g/mol. The predicted octanol–water partition coefficient (Wildman–Crippen LogP) is 15.3. The minimum Gasteiger partial charge on any atom is -0.232 e. The quantitative estimate of drug-likeness (QED) is 0.146. The zero-order valence-corrected chi connectivity index (χ0v) is 33.2. The molecule has 0 saturated carbocycles. The lowest BCUT2D eigenvalue weighted by Crippen LogP contribution is -2.09. The Bertz CT molecular complexity index is 2960. The highest BCUT2D eigenvalue weighted by Gasteiger charge is 2.24. The van der Waals surface area contributed by atoms with Crippen LogP contribution in [0.25, 0.3) is 83.9 Å².